The molecule has 1 rings (SSSR count). The molecule has 108 valence electrons. The lowest BCUT2D eigenvalue weighted by Crippen LogP contribution is -2.21. The van der Waals surface area contributed by atoms with Gasteiger partial charge in [0, 0.05) is 12.6 Å². The van der Waals surface area contributed by atoms with Crippen LogP contribution in [0, 0.1) is 0 Å². The second-order valence-corrected chi connectivity index (χ2v) is 4.75. The predicted molar refractivity (Wildman–Crippen MR) is 71.5 cm³/mol. The van der Waals surface area contributed by atoms with Crippen molar-refractivity contribution >= 4 is 11.6 Å². The van der Waals surface area contributed by atoms with E-state index in [-0.39, 0.29) is 10.8 Å². The van der Waals surface area contributed by atoms with Gasteiger partial charge in [-0.2, -0.15) is 0 Å². The molecule has 0 aliphatic carbocycles. The standard InChI is InChI=1S/C13H18ClF2NO2/c1-8(2)17-6-9-4-10(14)13(11(5-9)18-3)19-7-12(15)16/h4-5,8,12,17H,6-7H2,1-3H3. The summed E-state index contributed by atoms with van der Waals surface area (Å²) in [7, 11) is 1.44. The number of alkyl halides is 2. The van der Waals surface area contributed by atoms with Crippen molar-refractivity contribution in [3.8, 4) is 11.5 Å². The molecule has 0 fully saturated rings. The topological polar surface area (TPSA) is 30.5 Å². The molecular weight excluding hydrogens is 276 g/mol. The third-order valence-electron chi connectivity index (χ3n) is 2.36. The van der Waals surface area contributed by atoms with Crippen LogP contribution in [0.3, 0.4) is 0 Å². The lowest BCUT2D eigenvalue weighted by Gasteiger charge is -2.15. The van der Waals surface area contributed by atoms with Gasteiger partial charge in [0.15, 0.2) is 11.5 Å². The molecule has 1 N–H and O–H groups in total. The molecule has 0 heterocycles. The van der Waals surface area contributed by atoms with Crippen molar-refractivity contribution in [2.45, 2.75) is 32.9 Å². The molecule has 0 saturated heterocycles. The fourth-order valence-corrected chi connectivity index (χ4v) is 1.77. The number of methoxy groups -OCH3 is 1. The van der Waals surface area contributed by atoms with Gasteiger partial charge in [-0.15, -0.1) is 0 Å². The third-order valence-corrected chi connectivity index (χ3v) is 2.64. The number of halogens is 3. The van der Waals surface area contributed by atoms with Crippen molar-refractivity contribution in [3.63, 3.8) is 0 Å². The zero-order valence-electron chi connectivity index (χ0n) is 11.2. The Labute approximate surface area is 116 Å². The number of benzene rings is 1. The summed E-state index contributed by atoms with van der Waals surface area (Å²) in [5, 5.41) is 3.50. The summed E-state index contributed by atoms with van der Waals surface area (Å²) in [5.41, 5.74) is 0.903. The van der Waals surface area contributed by atoms with E-state index in [2.05, 4.69) is 5.32 Å². The van der Waals surface area contributed by atoms with E-state index in [9.17, 15) is 8.78 Å². The van der Waals surface area contributed by atoms with Gasteiger partial charge in [0.1, 0.15) is 6.61 Å². The maximum atomic E-state index is 12.2. The molecule has 0 radical (unpaired) electrons. The van der Waals surface area contributed by atoms with E-state index < -0.39 is 13.0 Å². The molecule has 0 atom stereocenters. The molecule has 0 unspecified atom stereocenters. The summed E-state index contributed by atoms with van der Waals surface area (Å²) in [6.45, 7) is 3.96. The molecule has 0 aromatic heterocycles. The average Bonchev–Trinajstić information content (AvgIpc) is 2.34. The minimum Gasteiger partial charge on any atom is -0.493 e. The van der Waals surface area contributed by atoms with E-state index in [0.29, 0.717) is 18.3 Å². The second kappa shape index (κ2) is 7.50. The zero-order chi connectivity index (χ0) is 14.4. The second-order valence-electron chi connectivity index (χ2n) is 4.35. The van der Waals surface area contributed by atoms with Crippen LogP contribution in [0.25, 0.3) is 0 Å². The molecule has 3 nitrogen and oxygen atoms in total. The monoisotopic (exact) mass is 293 g/mol. The van der Waals surface area contributed by atoms with Crippen LogP contribution in [-0.2, 0) is 6.54 Å². The van der Waals surface area contributed by atoms with Gasteiger partial charge in [0.05, 0.1) is 12.1 Å². The smallest absolute Gasteiger partial charge is 0.272 e. The molecule has 1 aromatic rings. The van der Waals surface area contributed by atoms with Crippen LogP contribution in [0.1, 0.15) is 19.4 Å². The molecule has 0 saturated carbocycles. The van der Waals surface area contributed by atoms with Crippen LogP contribution in [0.2, 0.25) is 5.02 Å². The van der Waals surface area contributed by atoms with E-state index in [1.54, 1.807) is 12.1 Å². The van der Waals surface area contributed by atoms with E-state index in [1.165, 1.54) is 7.11 Å². The molecular formula is C13H18ClF2NO2. The Balaban J connectivity index is 2.87. The Morgan fingerprint density at radius 3 is 2.53 bits per heavy atom. The van der Waals surface area contributed by atoms with Gasteiger partial charge in [-0.3, -0.25) is 0 Å². The molecule has 19 heavy (non-hydrogen) atoms. The van der Waals surface area contributed by atoms with Gasteiger partial charge in [-0.1, -0.05) is 25.4 Å². The summed E-state index contributed by atoms with van der Waals surface area (Å²) in [4.78, 5) is 0. The molecule has 1 aromatic carbocycles. The van der Waals surface area contributed by atoms with Gasteiger partial charge >= 0.3 is 0 Å². The summed E-state index contributed by atoms with van der Waals surface area (Å²) >= 11 is 6.03. The van der Waals surface area contributed by atoms with Gasteiger partial charge in [-0.05, 0) is 17.7 Å². The highest BCUT2D eigenvalue weighted by Gasteiger charge is 2.14. The van der Waals surface area contributed by atoms with Gasteiger partial charge < -0.3 is 14.8 Å². The quantitative estimate of drug-likeness (QED) is 0.835. The summed E-state index contributed by atoms with van der Waals surface area (Å²) in [6, 6.07) is 3.74. The minimum absolute atomic E-state index is 0.151. The first-order valence-corrected chi connectivity index (χ1v) is 6.32. The number of hydrogen-bond donors (Lipinski definition) is 1. The fourth-order valence-electron chi connectivity index (χ4n) is 1.48. The van der Waals surface area contributed by atoms with Crippen molar-refractivity contribution in [1.29, 1.82) is 0 Å². The van der Waals surface area contributed by atoms with E-state index >= 15 is 0 Å². The molecule has 0 amide bonds. The van der Waals surface area contributed by atoms with Gasteiger partial charge in [0.2, 0.25) is 0 Å². The average molecular weight is 294 g/mol. The van der Waals surface area contributed by atoms with Crippen LogP contribution in [0.4, 0.5) is 8.78 Å². The lowest BCUT2D eigenvalue weighted by molar-refractivity contribution is 0.0805. The maximum absolute atomic E-state index is 12.2. The zero-order valence-corrected chi connectivity index (χ0v) is 11.9. The van der Waals surface area contributed by atoms with E-state index in [1.807, 2.05) is 13.8 Å². The first-order valence-electron chi connectivity index (χ1n) is 5.94. The number of nitrogens with one attached hydrogen (secondary N) is 1. The third kappa shape index (κ3) is 5.20. The molecule has 0 aliphatic rings. The minimum atomic E-state index is -2.55. The SMILES string of the molecule is COc1cc(CNC(C)C)cc(Cl)c1OCC(F)F. The number of ether oxygens (including phenoxy) is 2. The predicted octanol–water partition coefficient (Wildman–Crippen LogP) is 3.49. The van der Waals surface area contributed by atoms with Crippen molar-refractivity contribution in [3.05, 3.63) is 22.7 Å². The number of hydrogen-bond acceptors (Lipinski definition) is 3. The van der Waals surface area contributed by atoms with Crippen LogP contribution in [-0.4, -0.2) is 26.2 Å². The van der Waals surface area contributed by atoms with Crippen molar-refractivity contribution < 1.29 is 18.3 Å². The molecule has 6 heteroatoms. The normalized spacial score (nSPS) is 11.2. The summed E-state index contributed by atoms with van der Waals surface area (Å²) in [5.74, 6) is 0.506. The Bertz CT molecular complexity index is 414. The summed E-state index contributed by atoms with van der Waals surface area (Å²) < 4.78 is 34.4. The Morgan fingerprint density at radius 2 is 2.00 bits per heavy atom. The summed E-state index contributed by atoms with van der Waals surface area (Å²) in [6.07, 6.45) is -2.55. The van der Waals surface area contributed by atoms with Crippen molar-refractivity contribution in [2.75, 3.05) is 13.7 Å². The largest absolute Gasteiger partial charge is 0.493 e. The molecule has 0 spiro atoms. The fraction of sp³-hybridized carbons (Fsp3) is 0.538. The van der Waals surface area contributed by atoms with Crippen molar-refractivity contribution in [1.82, 2.24) is 5.32 Å². The number of rotatable bonds is 7. The lowest BCUT2D eigenvalue weighted by atomic mass is 10.2. The Kier molecular flexibility index (Phi) is 6.31. The highest BCUT2D eigenvalue weighted by atomic mass is 35.5. The van der Waals surface area contributed by atoms with Gasteiger partial charge in [-0.25, -0.2) is 8.78 Å². The van der Waals surface area contributed by atoms with Gasteiger partial charge in [0.25, 0.3) is 6.43 Å². The molecule has 0 aliphatic heterocycles. The Morgan fingerprint density at radius 1 is 1.32 bits per heavy atom. The van der Waals surface area contributed by atoms with Crippen molar-refractivity contribution in [2.24, 2.45) is 0 Å². The Hall–Kier alpha value is -1.07. The van der Waals surface area contributed by atoms with Crippen LogP contribution < -0.4 is 14.8 Å². The maximum Gasteiger partial charge on any atom is 0.272 e. The van der Waals surface area contributed by atoms with Crippen LogP contribution in [0.5, 0.6) is 11.5 Å². The first-order chi connectivity index (χ1) is 8.93. The highest BCUT2D eigenvalue weighted by Crippen LogP contribution is 2.36. The highest BCUT2D eigenvalue weighted by molar-refractivity contribution is 6.32. The van der Waals surface area contributed by atoms with Crippen LogP contribution in [0.15, 0.2) is 12.1 Å². The molecule has 0 bridgehead atoms. The van der Waals surface area contributed by atoms with Crippen LogP contribution >= 0.6 is 11.6 Å². The van der Waals surface area contributed by atoms with E-state index in [0.717, 1.165) is 5.56 Å². The first kappa shape index (κ1) is 16.0. The van der Waals surface area contributed by atoms with E-state index in [4.69, 9.17) is 21.1 Å².